The molecule has 2 heterocycles. The monoisotopic (exact) mass is 365 g/mol. The number of rotatable bonds is 5. The van der Waals surface area contributed by atoms with Crippen molar-refractivity contribution in [2.45, 2.75) is 6.04 Å². The van der Waals surface area contributed by atoms with Crippen LogP contribution < -0.4 is 10.6 Å². The molecule has 1 atom stereocenters. The minimum Gasteiger partial charge on any atom is -0.345 e. The summed E-state index contributed by atoms with van der Waals surface area (Å²) in [7, 11) is 0. The molecule has 26 heavy (non-hydrogen) atoms. The molecule has 0 aliphatic carbocycles. The zero-order valence-corrected chi connectivity index (χ0v) is 14.4. The van der Waals surface area contributed by atoms with Crippen molar-refractivity contribution < 1.29 is 9.59 Å². The number of nitrogens with one attached hydrogen (secondary N) is 2. The van der Waals surface area contributed by atoms with Gasteiger partial charge in [-0.15, -0.1) is 11.3 Å². The van der Waals surface area contributed by atoms with E-state index < -0.39 is 11.8 Å². The third-order valence-corrected chi connectivity index (χ3v) is 4.65. The van der Waals surface area contributed by atoms with Gasteiger partial charge in [0.2, 0.25) is 0 Å². The topological polar surface area (TPSA) is 99.8 Å². The fourth-order valence-corrected chi connectivity index (χ4v) is 3.23. The molecule has 0 radical (unpaired) electrons. The molecule has 130 valence electrons. The van der Waals surface area contributed by atoms with Gasteiger partial charge in [0.05, 0.1) is 11.3 Å². The molecule has 1 unspecified atom stereocenters. The van der Waals surface area contributed by atoms with Gasteiger partial charge in [0, 0.05) is 23.8 Å². The Balaban J connectivity index is 1.65. The van der Waals surface area contributed by atoms with Crippen molar-refractivity contribution in [2.75, 3.05) is 11.9 Å². The first-order chi connectivity index (χ1) is 12.7. The molecule has 7 nitrogen and oxygen atoms in total. The van der Waals surface area contributed by atoms with Crippen LogP contribution >= 0.6 is 11.3 Å². The highest BCUT2D eigenvalue weighted by molar-refractivity contribution is 7.10. The maximum absolute atomic E-state index is 12.2. The number of nitriles is 1. The van der Waals surface area contributed by atoms with Gasteiger partial charge in [0.25, 0.3) is 0 Å². The summed E-state index contributed by atoms with van der Waals surface area (Å²) in [5.74, 6) is -1.59. The van der Waals surface area contributed by atoms with Crippen LogP contribution in [0.2, 0.25) is 0 Å². The standard InChI is InChI=1S/C18H15N5O2S/c19-11-13-5-1-2-6-14(13)22-18(25)17(24)20-12-15(16-7-3-10-26-16)23-9-4-8-21-23/h1-10,15H,12H2,(H,20,24)(H,22,25). The van der Waals surface area contributed by atoms with Crippen LogP contribution in [-0.4, -0.2) is 28.1 Å². The lowest BCUT2D eigenvalue weighted by molar-refractivity contribution is -0.136. The summed E-state index contributed by atoms with van der Waals surface area (Å²) in [6.45, 7) is 0.217. The normalized spacial score (nSPS) is 11.3. The number of amides is 2. The van der Waals surface area contributed by atoms with Crippen molar-refractivity contribution in [1.82, 2.24) is 15.1 Å². The summed E-state index contributed by atoms with van der Waals surface area (Å²) >= 11 is 1.55. The molecule has 0 aliphatic heterocycles. The smallest absolute Gasteiger partial charge is 0.313 e. The first-order valence-electron chi connectivity index (χ1n) is 7.80. The van der Waals surface area contributed by atoms with E-state index in [1.54, 1.807) is 58.7 Å². The summed E-state index contributed by atoms with van der Waals surface area (Å²) in [6.07, 6.45) is 3.47. The largest absolute Gasteiger partial charge is 0.345 e. The highest BCUT2D eigenvalue weighted by Crippen LogP contribution is 2.21. The average molecular weight is 365 g/mol. The minimum absolute atomic E-state index is 0.201. The van der Waals surface area contributed by atoms with Gasteiger partial charge in [-0.25, -0.2) is 0 Å². The third kappa shape index (κ3) is 3.96. The van der Waals surface area contributed by atoms with Gasteiger partial charge in [-0.2, -0.15) is 10.4 Å². The van der Waals surface area contributed by atoms with E-state index in [2.05, 4.69) is 15.7 Å². The summed E-state index contributed by atoms with van der Waals surface area (Å²) in [5, 5.41) is 20.3. The van der Waals surface area contributed by atoms with E-state index >= 15 is 0 Å². The van der Waals surface area contributed by atoms with Crippen molar-refractivity contribution in [3.8, 4) is 6.07 Å². The van der Waals surface area contributed by atoms with Crippen LogP contribution in [-0.2, 0) is 9.59 Å². The molecule has 3 rings (SSSR count). The number of aromatic nitrogens is 2. The zero-order valence-electron chi connectivity index (χ0n) is 13.6. The van der Waals surface area contributed by atoms with Crippen molar-refractivity contribution in [1.29, 1.82) is 5.26 Å². The second-order valence-electron chi connectivity index (χ2n) is 5.34. The Labute approximate surface area is 153 Å². The van der Waals surface area contributed by atoms with Gasteiger partial charge < -0.3 is 10.6 Å². The Morgan fingerprint density at radius 1 is 1.19 bits per heavy atom. The lowest BCUT2D eigenvalue weighted by Gasteiger charge is -2.17. The maximum Gasteiger partial charge on any atom is 0.313 e. The maximum atomic E-state index is 12.2. The van der Waals surface area contributed by atoms with Gasteiger partial charge in [-0.3, -0.25) is 14.3 Å². The van der Waals surface area contributed by atoms with E-state index in [4.69, 9.17) is 5.26 Å². The molecule has 1 aromatic carbocycles. The minimum atomic E-state index is -0.821. The van der Waals surface area contributed by atoms with Crippen LogP contribution in [0.15, 0.2) is 60.2 Å². The SMILES string of the molecule is N#Cc1ccccc1NC(=O)C(=O)NCC(c1cccs1)n1cccn1. The molecule has 0 saturated carbocycles. The summed E-state index contributed by atoms with van der Waals surface area (Å²) < 4.78 is 1.73. The van der Waals surface area contributed by atoms with Gasteiger partial charge in [0.15, 0.2) is 0 Å². The van der Waals surface area contributed by atoms with Gasteiger partial charge in [0.1, 0.15) is 12.1 Å². The van der Waals surface area contributed by atoms with Crippen LogP contribution in [0.3, 0.4) is 0 Å². The van der Waals surface area contributed by atoms with E-state index in [0.29, 0.717) is 11.3 Å². The second-order valence-corrected chi connectivity index (χ2v) is 6.32. The van der Waals surface area contributed by atoms with Gasteiger partial charge >= 0.3 is 11.8 Å². The zero-order chi connectivity index (χ0) is 18.4. The molecule has 2 aromatic heterocycles. The lowest BCUT2D eigenvalue weighted by Crippen LogP contribution is -2.39. The number of carbonyl (C=O) groups excluding carboxylic acids is 2. The Hall–Kier alpha value is -3.44. The Morgan fingerprint density at radius 2 is 2.04 bits per heavy atom. The first-order valence-corrected chi connectivity index (χ1v) is 8.68. The van der Waals surface area contributed by atoms with Crippen molar-refractivity contribution in [3.05, 3.63) is 70.7 Å². The fraction of sp³-hybridized carbons (Fsp3) is 0.111. The van der Waals surface area contributed by atoms with Crippen LogP contribution in [0.1, 0.15) is 16.5 Å². The van der Waals surface area contributed by atoms with Crippen LogP contribution in [0, 0.1) is 11.3 Å². The summed E-state index contributed by atoms with van der Waals surface area (Å²) in [5.41, 5.74) is 0.596. The number of anilines is 1. The number of benzene rings is 1. The molecule has 0 spiro atoms. The average Bonchev–Trinajstić information content (AvgIpc) is 3.36. The molecule has 0 saturated heterocycles. The Kier molecular flexibility index (Phi) is 5.41. The number of carbonyl (C=O) groups is 2. The van der Waals surface area contributed by atoms with E-state index in [1.807, 2.05) is 23.6 Å². The van der Waals surface area contributed by atoms with Crippen LogP contribution in [0.5, 0.6) is 0 Å². The van der Waals surface area contributed by atoms with Crippen molar-refractivity contribution >= 4 is 28.8 Å². The first kappa shape index (κ1) is 17.4. The quantitative estimate of drug-likeness (QED) is 0.677. The molecule has 0 fully saturated rings. The predicted molar refractivity (Wildman–Crippen MR) is 97.5 cm³/mol. The third-order valence-electron chi connectivity index (χ3n) is 3.67. The highest BCUT2D eigenvalue weighted by atomic mass is 32.1. The fourth-order valence-electron chi connectivity index (χ4n) is 2.41. The van der Waals surface area contributed by atoms with E-state index in [1.165, 1.54) is 0 Å². The predicted octanol–water partition coefficient (Wildman–Crippen LogP) is 2.16. The van der Waals surface area contributed by atoms with Crippen LogP contribution in [0.4, 0.5) is 5.69 Å². The summed E-state index contributed by atoms with van der Waals surface area (Å²) in [6, 6.07) is 13.9. The number of hydrogen-bond acceptors (Lipinski definition) is 5. The molecule has 8 heteroatoms. The molecule has 3 aromatic rings. The molecule has 0 bridgehead atoms. The number of hydrogen-bond donors (Lipinski definition) is 2. The van der Waals surface area contributed by atoms with E-state index in [-0.39, 0.29) is 12.6 Å². The lowest BCUT2D eigenvalue weighted by atomic mass is 10.2. The Bertz CT molecular complexity index is 895. The van der Waals surface area contributed by atoms with Crippen molar-refractivity contribution in [3.63, 3.8) is 0 Å². The van der Waals surface area contributed by atoms with E-state index in [0.717, 1.165) is 4.88 Å². The Morgan fingerprint density at radius 3 is 2.73 bits per heavy atom. The van der Waals surface area contributed by atoms with Gasteiger partial charge in [-0.1, -0.05) is 18.2 Å². The molecule has 0 aliphatic rings. The second kappa shape index (κ2) is 8.09. The molecule has 2 amide bonds. The number of thiophene rings is 1. The van der Waals surface area contributed by atoms with Gasteiger partial charge in [-0.05, 0) is 29.6 Å². The van der Waals surface area contributed by atoms with Crippen molar-refractivity contribution in [2.24, 2.45) is 0 Å². The highest BCUT2D eigenvalue weighted by Gasteiger charge is 2.20. The van der Waals surface area contributed by atoms with E-state index in [9.17, 15) is 9.59 Å². The molecular formula is C18H15N5O2S. The molecular weight excluding hydrogens is 350 g/mol. The molecule has 2 N–H and O–H groups in total. The van der Waals surface area contributed by atoms with Crippen LogP contribution in [0.25, 0.3) is 0 Å². The number of nitrogens with zero attached hydrogens (tertiary/aromatic N) is 3. The number of para-hydroxylation sites is 1. The summed E-state index contributed by atoms with van der Waals surface area (Å²) in [4.78, 5) is 25.3.